The van der Waals surface area contributed by atoms with Crippen LogP contribution in [0, 0.1) is 12.8 Å². The van der Waals surface area contributed by atoms with Crippen LogP contribution in [0.15, 0.2) is 53.6 Å². The Hall–Kier alpha value is -3.24. The molecule has 0 atom stereocenters. The molecule has 1 aliphatic heterocycles. The lowest BCUT2D eigenvalue weighted by Crippen LogP contribution is -2.41. The average Bonchev–Trinajstić information content (AvgIpc) is 3.19. The van der Waals surface area contributed by atoms with Gasteiger partial charge >= 0.3 is 0 Å². The van der Waals surface area contributed by atoms with Gasteiger partial charge in [0.1, 0.15) is 11.3 Å². The van der Waals surface area contributed by atoms with Gasteiger partial charge in [-0.1, -0.05) is 6.07 Å². The summed E-state index contributed by atoms with van der Waals surface area (Å²) in [5.74, 6) is -0.523. The molecule has 1 saturated heterocycles. The fourth-order valence-corrected chi connectivity index (χ4v) is 4.25. The SMILES string of the molecule is Cc1cccc2nc(C(=O)N3CCC(C(=O)Nc4ccc(S(N)(=O)=O)cc4)CC3)cn12. The number of fused-ring (bicyclic) bond motifs is 1. The average molecular weight is 442 g/mol. The van der Waals surface area contributed by atoms with E-state index in [1.165, 1.54) is 24.3 Å². The lowest BCUT2D eigenvalue weighted by atomic mass is 9.95. The zero-order valence-corrected chi connectivity index (χ0v) is 17.8. The Morgan fingerprint density at radius 3 is 2.39 bits per heavy atom. The first kappa shape index (κ1) is 21.0. The van der Waals surface area contributed by atoms with Gasteiger partial charge in [-0.3, -0.25) is 9.59 Å². The maximum atomic E-state index is 12.9. The fraction of sp³-hybridized carbons (Fsp3) is 0.286. The molecule has 4 rings (SSSR count). The first-order chi connectivity index (χ1) is 14.7. The molecule has 1 aromatic carbocycles. The minimum Gasteiger partial charge on any atom is -0.337 e. The smallest absolute Gasteiger partial charge is 0.274 e. The number of carbonyl (C=O) groups excluding carboxylic acids is 2. The van der Waals surface area contributed by atoms with Crippen LogP contribution in [-0.2, 0) is 14.8 Å². The summed E-state index contributed by atoms with van der Waals surface area (Å²) in [5.41, 5.74) is 2.62. The number of anilines is 1. The Morgan fingerprint density at radius 1 is 1.10 bits per heavy atom. The summed E-state index contributed by atoms with van der Waals surface area (Å²) in [6.45, 7) is 2.89. The number of aromatic nitrogens is 2. The molecule has 10 heteroatoms. The molecule has 0 bridgehead atoms. The molecule has 2 amide bonds. The number of sulfonamides is 1. The third-order valence-corrected chi connectivity index (χ3v) is 6.45. The standard InChI is InChI=1S/C21H23N5O4S/c1-14-3-2-4-19-24-18(13-26(14)19)21(28)25-11-9-15(10-12-25)20(27)23-16-5-7-17(8-6-16)31(22,29)30/h2-8,13,15H,9-12H2,1H3,(H,23,27)(H2,22,29,30). The van der Waals surface area contributed by atoms with Crippen molar-refractivity contribution < 1.29 is 18.0 Å². The molecule has 3 heterocycles. The molecule has 0 unspecified atom stereocenters. The van der Waals surface area contributed by atoms with Crippen molar-refractivity contribution in [2.24, 2.45) is 11.1 Å². The molecule has 3 aromatic rings. The third-order valence-electron chi connectivity index (χ3n) is 5.52. The van der Waals surface area contributed by atoms with Crippen molar-refractivity contribution in [2.45, 2.75) is 24.7 Å². The van der Waals surface area contributed by atoms with Crippen LogP contribution in [0.4, 0.5) is 5.69 Å². The van der Waals surface area contributed by atoms with E-state index in [2.05, 4.69) is 10.3 Å². The van der Waals surface area contributed by atoms with Crippen LogP contribution in [0.3, 0.4) is 0 Å². The van der Waals surface area contributed by atoms with Crippen LogP contribution in [0.5, 0.6) is 0 Å². The molecular formula is C21H23N5O4S. The first-order valence-corrected chi connectivity index (χ1v) is 11.4. The van der Waals surface area contributed by atoms with Crippen LogP contribution in [0.25, 0.3) is 5.65 Å². The van der Waals surface area contributed by atoms with Crippen molar-refractivity contribution in [3.63, 3.8) is 0 Å². The highest BCUT2D eigenvalue weighted by Gasteiger charge is 2.29. The molecule has 0 radical (unpaired) electrons. The van der Waals surface area contributed by atoms with E-state index >= 15 is 0 Å². The second kappa shape index (κ2) is 8.12. The zero-order chi connectivity index (χ0) is 22.2. The normalized spacial score (nSPS) is 15.2. The number of aryl methyl sites for hydroxylation is 1. The molecule has 9 nitrogen and oxygen atoms in total. The number of carbonyl (C=O) groups is 2. The van der Waals surface area contributed by atoms with Crippen LogP contribution in [0.2, 0.25) is 0 Å². The highest BCUT2D eigenvalue weighted by atomic mass is 32.2. The van der Waals surface area contributed by atoms with E-state index in [0.717, 1.165) is 11.3 Å². The van der Waals surface area contributed by atoms with Gasteiger partial charge in [0.2, 0.25) is 15.9 Å². The Kier molecular flexibility index (Phi) is 5.50. The molecule has 0 spiro atoms. The molecule has 3 N–H and O–H groups in total. The number of nitrogens with zero attached hydrogens (tertiary/aromatic N) is 3. The largest absolute Gasteiger partial charge is 0.337 e. The number of piperidine rings is 1. The minimum atomic E-state index is -3.77. The second-order valence-electron chi connectivity index (χ2n) is 7.65. The third kappa shape index (κ3) is 4.44. The highest BCUT2D eigenvalue weighted by Crippen LogP contribution is 2.22. The summed E-state index contributed by atoms with van der Waals surface area (Å²) in [6, 6.07) is 11.4. The van der Waals surface area contributed by atoms with E-state index in [-0.39, 0.29) is 22.6 Å². The minimum absolute atomic E-state index is 0.0144. The van der Waals surface area contributed by atoms with Crippen LogP contribution in [0.1, 0.15) is 29.0 Å². The van der Waals surface area contributed by atoms with Crippen molar-refractivity contribution in [2.75, 3.05) is 18.4 Å². The van der Waals surface area contributed by atoms with E-state index < -0.39 is 10.0 Å². The molecule has 1 fully saturated rings. The van der Waals surface area contributed by atoms with Crippen LogP contribution in [-0.4, -0.2) is 47.6 Å². The number of primary sulfonamides is 1. The summed E-state index contributed by atoms with van der Waals surface area (Å²) < 4.78 is 24.5. The van der Waals surface area contributed by atoms with Crippen molar-refractivity contribution in [3.8, 4) is 0 Å². The predicted octanol–water partition coefficient (Wildman–Crippen LogP) is 1.78. The Bertz CT molecular complexity index is 1240. The fourth-order valence-electron chi connectivity index (χ4n) is 3.73. The molecule has 2 aromatic heterocycles. The molecular weight excluding hydrogens is 418 g/mol. The Morgan fingerprint density at radius 2 is 1.77 bits per heavy atom. The number of hydrogen-bond donors (Lipinski definition) is 2. The second-order valence-corrected chi connectivity index (χ2v) is 9.21. The summed E-state index contributed by atoms with van der Waals surface area (Å²) >= 11 is 0. The van der Waals surface area contributed by atoms with Crippen LogP contribution < -0.4 is 10.5 Å². The number of imidazole rings is 1. The summed E-state index contributed by atoms with van der Waals surface area (Å²) in [4.78, 5) is 31.6. The summed E-state index contributed by atoms with van der Waals surface area (Å²) in [5, 5.41) is 7.88. The van der Waals surface area contributed by atoms with E-state index in [4.69, 9.17) is 5.14 Å². The van der Waals surface area contributed by atoms with E-state index in [1.807, 2.05) is 29.5 Å². The monoisotopic (exact) mass is 441 g/mol. The summed E-state index contributed by atoms with van der Waals surface area (Å²) in [7, 11) is -3.77. The van der Waals surface area contributed by atoms with Gasteiger partial charge in [-0.15, -0.1) is 0 Å². The van der Waals surface area contributed by atoms with Gasteiger partial charge in [0.05, 0.1) is 4.90 Å². The molecule has 31 heavy (non-hydrogen) atoms. The number of nitrogens with two attached hydrogens (primary N) is 1. The predicted molar refractivity (Wildman–Crippen MR) is 115 cm³/mol. The quantitative estimate of drug-likeness (QED) is 0.638. The van der Waals surface area contributed by atoms with Crippen molar-refractivity contribution >= 4 is 33.2 Å². The van der Waals surface area contributed by atoms with E-state index in [0.29, 0.717) is 37.3 Å². The molecule has 162 valence electrons. The Balaban J connectivity index is 1.36. The zero-order valence-electron chi connectivity index (χ0n) is 17.0. The van der Waals surface area contributed by atoms with Gasteiger partial charge < -0.3 is 14.6 Å². The van der Waals surface area contributed by atoms with Crippen LogP contribution >= 0.6 is 0 Å². The molecule has 1 aliphatic rings. The van der Waals surface area contributed by atoms with Crippen molar-refractivity contribution in [1.29, 1.82) is 0 Å². The van der Waals surface area contributed by atoms with Gasteiger partial charge in [0.15, 0.2) is 0 Å². The van der Waals surface area contributed by atoms with Gasteiger partial charge in [0.25, 0.3) is 5.91 Å². The molecule has 0 saturated carbocycles. The first-order valence-electron chi connectivity index (χ1n) is 9.90. The number of likely N-dealkylation sites (tertiary alicyclic amines) is 1. The van der Waals surface area contributed by atoms with Gasteiger partial charge in [-0.2, -0.15) is 0 Å². The van der Waals surface area contributed by atoms with Gasteiger partial charge in [0, 0.05) is 36.6 Å². The molecule has 0 aliphatic carbocycles. The highest BCUT2D eigenvalue weighted by molar-refractivity contribution is 7.89. The van der Waals surface area contributed by atoms with E-state index in [1.54, 1.807) is 11.1 Å². The number of nitrogens with one attached hydrogen (secondary N) is 1. The topological polar surface area (TPSA) is 127 Å². The van der Waals surface area contributed by atoms with Gasteiger partial charge in [-0.25, -0.2) is 18.5 Å². The maximum absolute atomic E-state index is 12.9. The number of amides is 2. The van der Waals surface area contributed by atoms with Gasteiger partial charge in [-0.05, 0) is 56.2 Å². The lowest BCUT2D eigenvalue weighted by molar-refractivity contribution is -0.121. The summed E-state index contributed by atoms with van der Waals surface area (Å²) in [6.07, 6.45) is 2.83. The van der Waals surface area contributed by atoms with Crippen molar-refractivity contribution in [1.82, 2.24) is 14.3 Å². The number of rotatable bonds is 4. The number of benzene rings is 1. The maximum Gasteiger partial charge on any atom is 0.274 e. The number of hydrogen-bond acceptors (Lipinski definition) is 5. The lowest BCUT2D eigenvalue weighted by Gasteiger charge is -2.30. The van der Waals surface area contributed by atoms with Crippen molar-refractivity contribution in [3.05, 3.63) is 60.0 Å². The number of pyridine rings is 1. The Labute approximate surface area is 179 Å². The van der Waals surface area contributed by atoms with E-state index in [9.17, 15) is 18.0 Å².